The van der Waals surface area contributed by atoms with Gasteiger partial charge in [-0.25, -0.2) is 0 Å². The maximum atomic E-state index is 5.38. The molecule has 1 rings (SSSR count). The lowest BCUT2D eigenvalue weighted by Crippen LogP contribution is -2.31. The monoisotopic (exact) mass is 272 g/mol. The van der Waals surface area contributed by atoms with Gasteiger partial charge in [-0.1, -0.05) is 43.7 Å². The zero-order valence-corrected chi connectivity index (χ0v) is 13.2. The van der Waals surface area contributed by atoms with Gasteiger partial charge in [0.1, 0.15) is 0 Å². The van der Waals surface area contributed by atoms with E-state index in [-0.39, 0.29) is 0 Å². The highest BCUT2D eigenvalue weighted by Crippen LogP contribution is 2.11. The smallest absolute Gasteiger partial charge is 0.0555 e. The lowest BCUT2D eigenvalue weighted by atomic mass is 10.1. The van der Waals surface area contributed by atoms with Gasteiger partial charge in [-0.05, 0) is 44.5 Å². The van der Waals surface area contributed by atoms with E-state index in [4.69, 9.17) is 5.73 Å². The first-order chi connectivity index (χ1) is 9.67. The van der Waals surface area contributed by atoms with Gasteiger partial charge in [0.05, 0.1) is 6.54 Å². The molecule has 0 saturated heterocycles. The Morgan fingerprint density at radius 3 is 2.40 bits per heavy atom. The van der Waals surface area contributed by atoms with E-state index in [0.717, 1.165) is 12.1 Å². The molecule has 0 unspecified atom stereocenters. The van der Waals surface area contributed by atoms with E-state index in [2.05, 4.69) is 61.8 Å². The normalized spacial score (nSPS) is 10.7. The standard InChI is InChI=1S/C18H28N2/c1-4-5-6-14-20(16(2)3)15-18-11-9-17(10-12-18)8-7-13-19/h9-12,16H,4-6,13-15,19H2,1-3H3. The Kier molecular flexibility index (Phi) is 8.02. The van der Waals surface area contributed by atoms with Crippen molar-refractivity contribution in [3.8, 4) is 11.8 Å². The first-order valence-electron chi connectivity index (χ1n) is 7.69. The highest BCUT2D eigenvalue weighted by Gasteiger charge is 2.09. The Morgan fingerprint density at radius 2 is 1.85 bits per heavy atom. The predicted octanol–water partition coefficient (Wildman–Crippen LogP) is 3.40. The van der Waals surface area contributed by atoms with Crippen molar-refractivity contribution in [3.05, 3.63) is 35.4 Å². The zero-order chi connectivity index (χ0) is 14.8. The highest BCUT2D eigenvalue weighted by molar-refractivity contribution is 5.36. The van der Waals surface area contributed by atoms with Gasteiger partial charge in [-0.3, -0.25) is 4.90 Å². The Morgan fingerprint density at radius 1 is 1.15 bits per heavy atom. The van der Waals surface area contributed by atoms with Crippen LogP contribution in [-0.4, -0.2) is 24.0 Å². The Balaban J connectivity index is 2.59. The molecular formula is C18H28N2. The molecule has 0 radical (unpaired) electrons. The van der Waals surface area contributed by atoms with Crippen LogP contribution >= 0.6 is 0 Å². The van der Waals surface area contributed by atoms with Crippen LogP contribution in [-0.2, 0) is 6.54 Å². The summed E-state index contributed by atoms with van der Waals surface area (Å²) in [7, 11) is 0. The average molecular weight is 272 g/mol. The minimum atomic E-state index is 0.417. The molecule has 0 amide bonds. The van der Waals surface area contributed by atoms with E-state index < -0.39 is 0 Å². The Labute approximate surface area is 124 Å². The number of unbranched alkanes of at least 4 members (excludes halogenated alkanes) is 2. The molecule has 0 saturated carbocycles. The van der Waals surface area contributed by atoms with Crippen molar-refractivity contribution in [1.82, 2.24) is 4.90 Å². The number of nitrogens with zero attached hydrogens (tertiary/aromatic N) is 1. The third-order valence-electron chi connectivity index (χ3n) is 3.45. The molecule has 0 bridgehead atoms. The molecule has 20 heavy (non-hydrogen) atoms. The van der Waals surface area contributed by atoms with Gasteiger partial charge < -0.3 is 5.73 Å². The van der Waals surface area contributed by atoms with Crippen molar-refractivity contribution < 1.29 is 0 Å². The first-order valence-corrected chi connectivity index (χ1v) is 7.69. The van der Waals surface area contributed by atoms with E-state index in [1.54, 1.807) is 0 Å². The molecule has 2 N–H and O–H groups in total. The molecular weight excluding hydrogens is 244 g/mol. The van der Waals surface area contributed by atoms with Gasteiger partial charge in [0.15, 0.2) is 0 Å². The first kappa shape index (κ1) is 16.8. The number of nitrogens with two attached hydrogens (primary N) is 1. The average Bonchev–Trinajstić information content (AvgIpc) is 2.45. The number of benzene rings is 1. The van der Waals surface area contributed by atoms with E-state index in [9.17, 15) is 0 Å². The summed E-state index contributed by atoms with van der Waals surface area (Å²) in [5.74, 6) is 5.95. The van der Waals surface area contributed by atoms with E-state index in [0.29, 0.717) is 12.6 Å². The molecule has 0 aliphatic carbocycles. The second kappa shape index (κ2) is 9.58. The SMILES string of the molecule is CCCCCN(Cc1ccc(C#CCN)cc1)C(C)C. The van der Waals surface area contributed by atoms with Crippen LogP contribution in [0.3, 0.4) is 0 Å². The van der Waals surface area contributed by atoms with Crippen LogP contribution in [0.4, 0.5) is 0 Å². The summed E-state index contributed by atoms with van der Waals surface area (Å²) in [6, 6.07) is 9.11. The van der Waals surface area contributed by atoms with E-state index in [1.807, 2.05) is 0 Å². The molecule has 0 spiro atoms. The number of rotatable bonds is 7. The van der Waals surface area contributed by atoms with E-state index in [1.165, 1.54) is 31.4 Å². The van der Waals surface area contributed by atoms with Crippen LogP contribution < -0.4 is 5.73 Å². The molecule has 2 nitrogen and oxygen atoms in total. The molecule has 0 aliphatic rings. The zero-order valence-electron chi connectivity index (χ0n) is 13.2. The summed E-state index contributed by atoms with van der Waals surface area (Å²) in [5.41, 5.74) is 7.78. The minimum absolute atomic E-state index is 0.417. The maximum absolute atomic E-state index is 5.38. The van der Waals surface area contributed by atoms with Gasteiger partial charge in [0, 0.05) is 18.2 Å². The molecule has 0 atom stereocenters. The second-order valence-corrected chi connectivity index (χ2v) is 5.47. The summed E-state index contributed by atoms with van der Waals surface area (Å²) in [6.45, 7) is 9.41. The summed E-state index contributed by atoms with van der Waals surface area (Å²) in [6.07, 6.45) is 3.88. The molecule has 110 valence electrons. The number of hydrogen-bond donors (Lipinski definition) is 1. The lowest BCUT2D eigenvalue weighted by Gasteiger charge is -2.26. The third-order valence-corrected chi connectivity index (χ3v) is 3.45. The quantitative estimate of drug-likeness (QED) is 0.609. The van der Waals surface area contributed by atoms with Crippen LogP contribution in [0.1, 0.15) is 51.2 Å². The van der Waals surface area contributed by atoms with Crippen molar-refractivity contribution in [2.75, 3.05) is 13.1 Å². The fourth-order valence-corrected chi connectivity index (χ4v) is 2.17. The maximum Gasteiger partial charge on any atom is 0.0555 e. The fraction of sp³-hybridized carbons (Fsp3) is 0.556. The van der Waals surface area contributed by atoms with Crippen LogP contribution in [0.2, 0.25) is 0 Å². The molecule has 1 aromatic carbocycles. The van der Waals surface area contributed by atoms with Crippen molar-refractivity contribution in [1.29, 1.82) is 0 Å². The predicted molar refractivity (Wildman–Crippen MR) is 87.4 cm³/mol. The van der Waals surface area contributed by atoms with Crippen LogP contribution in [0.5, 0.6) is 0 Å². The highest BCUT2D eigenvalue weighted by atomic mass is 15.1. The minimum Gasteiger partial charge on any atom is -0.320 e. The molecule has 0 heterocycles. The van der Waals surface area contributed by atoms with Crippen molar-refractivity contribution in [3.63, 3.8) is 0 Å². The van der Waals surface area contributed by atoms with Gasteiger partial charge in [0.2, 0.25) is 0 Å². The van der Waals surface area contributed by atoms with Gasteiger partial charge in [-0.15, -0.1) is 0 Å². The largest absolute Gasteiger partial charge is 0.320 e. The lowest BCUT2D eigenvalue weighted by molar-refractivity contribution is 0.208. The molecule has 0 aromatic heterocycles. The fourth-order valence-electron chi connectivity index (χ4n) is 2.17. The molecule has 2 heteroatoms. The van der Waals surface area contributed by atoms with Gasteiger partial charge in [-0.2, -0.15) is 0 Å². The van der Waals surface area contributed by atoms with Crippen molar-refractivity contribution in [2.45, 2.75) is 52.6 Å². The molecule has 1 aromatic rings. The van der Waals surface area contributed by atoms with Crippen LogP contribution in [0.25, 0.3) is 0 Å². The Bertz CT molecular complexity index is 423. The topological polar surface area (TPSA) is 29.3 Å². The Hall–Kier alpha value is -1.30. The summed E-state index contributed by atoms with van der Waals surface area (Å²) in [4.78, 5) is 2.54. The van der Waals surface area contributed by atoms with Gasteiger partial charge in [0.25, 0.3) is 0 Å². The van der Waals surface area contributed by atoms with Crippen LogP contribution in [0, 0.1) is 11.8 Å². The van der Waals surface area contributed by atoms with E-state index >= 15 is 0 Å². The summed E-state index contributed by atoms with van der Waals surface area (Å²) < 4.78 is 0. The number of hydrogen-bond acceptors (Lipinski definition) is 2. The molecule has 0 fully saturated rings. The summed E-state index contributed by atoms with van der Waals surface area (Å²) in [5, 5.41) is 0. The van der Waals surface area contributed by atoms with Crippen molar-refractivity contribution >= 4 is 0 Å². The van der Waals surface area contributed by atoms with Crippen LogP contribution in [0.15, 0.2) is 24.3 Å². The third kappa shape index (κ3) is 6.23. The second-order valence-electron chi connectivity index (χ2n) is 5.47. The molecule has 0 aliphatic heterocycles. The summed E-state index contributed by atoms with van der Waals surface area (Å²) >= 11 is 0. The van der Waals surface area contributed by atoms with Crippen molar-refractivity contribution in [2.24, 2.45) is 5.73 Å². The van der Waals surface area contributed by atoms with Gasteiger partial charge >= 0.3 is 0 Å².